The predicted molar refractivity (Wildman–Crippen MR) is 55.1 cm³/mol. The Bertz CT molecular complexity index is 158. The Morgan fingerprint density at radius 1 is 1.36 bits per heavy atom. The van der Waals surface area contributed by atoms with Gasteiger partial charge in [0.05, 0.1) is 0 Å². The van der Waals surface area contributed by atoms with E-state index < -0.39 is 0 Å². The van der Waals surface area contributed by atoms with Crippen LogP contribution >= 0.6 is 15.8 Å². The molecule has 0 spiro atoms. The van der Waals surface area contributed by atoms with Gasteiger partial charge in [-0.25, -0.2) is 0 Å². The first kappa shape index (κ1) is 9.03. The van der Waals surface area contributed by atoms with E-state index in [2.05, 4.69) is 20.8 Å². The minimum atomic E-state index is -0.298. The first-order valence-electron chi connectivity index (χ1n) is 4.41. The zero-order chi connectivity index (χ0) is 8.06. The molecule has 0 radical (unpaired) electrons. The summed E-state index contributed by atoms with van der Waals surface area (Å²) >= 11 is 0.453. The Kier molecular flexibility index (Phi) is 2.46. The molecule has 0 aromatic carbocycles. The second kappa shape index (κ2) is 3.00. The molecule has 68 valence electrons. The van der Waals surface area contributed by atoms with Gasteiger partial charge in [0, 0.05) is 0 Å². The first-order chi connectivity index (χ1) is 5.15. The van der Waals surface area contributed by atoms with Crippen LogP contribution in [-0.4, -0.2) is 12.3 Å². The van der Waals surface area contributed by atoms with Gasteiger partial charge in [-0.05, 0) is 0 Å². The van der Waals surface area contributed by atoms with Gasteiger partial charge in [0.15, 0.2) is 0 Å². The quantitative estimate of drug-likeness (QED) is 0.409. The SMILES string of the molecule is C[C@@H]1CC[I-]I2C[C@@H](C)C12C. The maximum atomic E-state index is 2.62. The fourth-order valence-corrected chi connectivity index (χ4v) is 29.0. The molecule has 2 heteroatoms. The molecule has 11 heavy (non-hydrogen) atoms. The molecular formula is C9H17I2-. The van der Waals surface area contributed by atoms with E-state index in [4.69, 9.17) is 0 Å². The van der Waals surface area contributed by atoms with Crippen molar-refractivity contribution >= 4 is 15.8 Å². The van der Waals surface area contributed by atoms with Crippen molar-refractivity contribution in [3.05, 3.63) is 0 Å². The molecule has 2 fully saturated rings. The van der Waals surface area contributed by atoms with E-state index in [1.54, 1.807) is 15.3 Å². The van der Waals surface area contributed by atoms with Gasteiger partial charge in [-0.2, -0.15) is 0 Å². The molecule has 0 saturated carbocycles. The van der Waals surface area contributed by atoms with Crippen LogP contribution in [0.1, 0.15) is 27.2 Å². The summed E-state index contributed by atoms with van der Waals surface area (Å²) in [7, 11) is 0. The van der Waals surface area contributed by atoms with E-state index in [0.717, 1.165) is 32.5 Å². The van der Waals surface area contributed by atoms with Crippen molar-refractivity contribution in [2.45, 2.75) is 30.6 Å². The van der Waals surface area contributed by atoms with Gasteiger partial charge in [0.1, 0.15) is 0 Å². The fourth-order valence-electron chi connectivity index (χ4n) is 2.04. The van der Waals surface area contributed by atoms with E-state index in [1.807, 2.05) is 0 Å². The summed E-state index contributed by atoms with van der Waals surface area (Å²) < 4.78 is 4.33. The van der Waals surface area contributed by atoms with E-state index in [9.17, 15) is 0 Å². The van der Waals surface area contributed by atoms with Gasteiger partial charge in [0.2, 0.25) is 0 Å². The van der Waals surface area contributed by atoms with E-state index in [1.165, 1.54) is 0 Å². The van der Waals surface area contributed by atoms with Crippen molar-refractivity contribution in [1.82, 2.24) is 0 Å². The van der Waals surface area contributed by atoms with Gasteiger partial charge >= 0.3 is 84.4 Å². The fraction of sp³-hybridized carbons (Fsp3) is 1.00. The van der Waals surface area contributed by atoms with Crippen LogP contribution in [0.4, 0.5) is 0 Å². The van der Waals surface area contributed by atoms with Crippen molar-refractivity contribution in [2.75, 3.05) is 8.86 Å². The molecule has 2 saturated heterocycles. The van der Waals surface area contributed by atoms with Crippen molar-refractivity contribution in [3.8, 4) is 0 Å². The number of hydrogen-bond acceptors (Lipinski definition) is 0. The number of rotatable bonds is 0. The predicted octanol–water partition coefficient (Wildman–Crippen LogP) is -0.0550. The average Bonchev–Trinajstić information content (AvgIpc) is 1.99. The Hall–Kier alpha value is 1.46. The number of fused-ring (bicyclic) bond motifs is 1. The van der Waals surface area contributed by atoms with Gasteiger partial charge in [-0.15, -0.1) is 0 Å². The molecule has 2 aliphatic heterocycles. The van der Waals surface area contributed by atoms with Crippen LogP contribution in [0, 0.1) is 11.8 Å². The summed E-state index contributed by atoms with van der Waals surface area (Å²) in [4.78, 5) is 0. The molecule has 0 aliphatic carbocycles. The molecule has 2 heterocycles. The third-order valence-corrected chi connectivity index (χ3v) is 27.5. The zero-order valence-electron chi connectivity index (χ0n) is 7.53. The number of halogens is 2. The maximum absolute atomic E-state index is 2.62. The van der Waals surface area contributed by atoms with Gasteiger partial charge in [-0.1, -0.05) is 0 Å². The Balaban J connectivity index is 2.16. The Labute approximate surface area is 83.6 Å². The monoisotopic (exact) mass is 379 g/mol. The minimum absolute atomic E-state index is 0.298. The van der Waals surface area contributed by atoms with Crippen LogP contribution in [0.25, 0.3) is 0 Å². The van der Waals surface area contributed by atoms with Crippen molar-refractivity contribution < 1.29 is 17.2 Å². The van der Waals surface area contributed by atoms with Crippen molar-refractivity contribution in [2.24, 2.45) is 11.8 Å². The molecule has 0 nitrogen and oxygen atoms in total. The van der Waals surface area contributed by atoms with Crippen molar-refractivity contribution in [1.29, 1.82) is 0 Å². The normalized spacial score (nSPS) is 53.9. The molecule has 0 aromatic rings. The van der Waals surface area contributed by atoms with Gasteiger partial charge < -0.3 is 0 Å². The second-order valence-corrected chi connectivity index (χ2v) is 21.1. The van der Waals surface area contributed by atoms with Crippen LogP contribution in [0.5, 0.6) is 0 Å². The third kappa shape index (κ3) is 1.18. The molecule has 2 rings (SSSR count). The van der Waals surface area contributed by atoms with Crippen LogP contribution < -0.4 is 17.2 Å². The van der Waals surface area contributed by atoms with Crippen LogP contribution in [0.2, 0.25) is 0 Å². The Morgan fingerprint density at radius 2 is 2.09 bits per heavy atom. The van der Waals surface area contributed by atoms with Crippen LogP contribution in [0.3, 0.4) is 0 Å². The molecule has 2 aliphatic rings. The molecule has 1 unspecified atom stereocenters. The van der Waals surface area contributed by atoms with Crippen LogP contribution in [0.15, 0.2) is 0 Å². The van der Waals surface area contributed by atoms with E-state index in [0.29, 0.717) is 0 Å². The van der Waals surface area contributed by atoms with E-state index in [-0.39, 0.29) is 15.8 Å². The summed E-state index contributed by atoms with van der Waals surface area (Å²) in [5.41, 5.74) is 0. The molecule has 0 amide bonds. The van der Waals surface area contributed by atoms with E-state index >= 15 is 0 Å². The Morgan fingerprint density at radius 3 is 2.55 bits per heavy atom. The first-order valence-corrected chi connectivity index (χ1v) is 14.8. The standard InChI is InChI=1S/C9H17I2/c1-7-4-5-10-11-6-8(2)9(7,11)3/h7-8H,4-6H2,1-3H3/q-1/t7-,8-,9?/m1/s1. The molecule has 3 atom stereocenters. The average molecular weight is 379 g/mol. The second-order valence-electron chi connectivity index (χ2n) is 3.99. The molecular weight excluding hydrogens is 362 g/mol. The topological polar surface area (TPSA) is 0 Å². The van der Waals surface area contributed by atoms with Crippen molar-refractivity contribution in [3.63, 3.8) is 0 Å². The van der Waals surface area contributed by atoms with Crippen LogP contribution in [-0.2, 0) is 0 Å². The van der Waals surface area contributed by atoms with Gasteiger partial charge in [-0.3, -0.25) is 0 Å². The zero-order valence-corrected chi connectivity index (χ0v) is 11.8. The summed E-state index contributed by atoms with van der Waals surface area (Å²) in [6, 6.07) is 0. The van der Waals surface area contributed by atoms with Gasteiger partial charge in [0.25, 0.3) is 0 Å². The summed E-state index contributed by atoms with van der Waals surface area (Å²) in [6.45, 7) is 7.64. The number of alkyl halides is 3. The molecule has 0 N–H and O–H groups in total. The summed E-state index contributed by atoms with van der Waals surface area (Å²) in [5, 5.41) is 0. The molecule has 0 aromatic heterocycles. The number of hydrogen-bond donors (Lipinski definition) is 0. The molecule has 0 bridgehead atoms. The summed E-state index contributed by atoms with van der Waals surface area (Å²) in [5.74, 6) is 2.19. The summed E-state index contributed by atoms with van der Waals surface area (Å²) in [6.07, 6.45) is 1.57. The third-order valence-electron chi connectivity index (χ3n) is 3.47.